The summed E-state index contributed by atoms with van der Waals surface area (Å²) in [5.74, 6) is 0.961. The van der Waals surface area contributed by atoms with Crippen LogP contribution in [0.2, 0.25) is 5.02 Å². The number of carbonyl (C=O) groups is 1. The molecule has 1 atom stereocenters. The van der Waals surface area contributed by atoms with Crippen LogP contribution in [-0.4, -0.2) is 25.2 Å². The van der Waals surface area contributed by atoms with Crippen molar-refractivity contribution in [2.45, 2.75) is 12.1 Å². The third-order valence-corrected chi connectivity index (χ3v) is 5.44. The second-order valence-corrected chi connectivity index (χ2v) is 7.28. The number of aliphatic hydroxyl groups is 1. The number of anilines is 1. The van der Waals surface area contributed by atoms with Gasteiger partial charge in [0.25, 0.3) is 5.91 Å². The fourth-order valence-corrected chi connectivity index (χ4v) is 3.81. The number of halogens is 1. The van der Waals surface area contributed by atoms with Gasteiger partial charge >= 0.3 is 0 Å². The molecule has 0 unspecified atom stereocenters. The Kier molecular flexibility index (Phi) is 4.94. The Labute approximate surface area is 174 Å². The summed E-state index contributed by atoms with van der Waals surface area (Å²) in [4.78, 5) is 15.0. The van der Waals surface area contributed by atoms with Gasteiger partial charge in [-0.1, -0.05) is 35.9 Å². The van der Waals surface area contributed by atoms with E-state index in [-0.39, 0.29) is 0 Å². The SMILES string of the molecule is COc1ccc(CN2C(=O)[C@](O)(c3ccc(OC)cc3)c3cc(Cl)ccc32)cc1. The monoisotopic (exact) mass is 409 g/mol. The fourth-order valence-electron chi connectivity index (χ4n) is 3.64. The number of amides is 1. The molecular weight excluding hydrogens is 390 g/mol. The van der Waals surface area contributed by atoms with E-state index < -0.39 is 11.5 Å². The number of hydrogen-bond donors (Lipinski definition) is 1. The standard InChI is InChI=1S/C23H20ClNO4/c1-28-18-8-3-15(4-9-18)14-25-21-12-7-17(24)13-20(21)23(27,22(25)26)16-5-10-19(29-2)11-6-16/h3-13,27H,14H2,1-2H3/t23-/m0/s1. The van der Waals surface area contributed by atoms with Gasteiger partial charge in [0.1, 0.15) is 11.5 Å². The zero-order valence-corrected chi connectivity index (χ0v) is 16.8. The van der Waals surface area contributed by atoms with Crippen molar-refractivity contribution in [3.8, 4) is 11.5 Å². The van der Waals surface area contributed by atoms with Crippen LogP contribution < -0.4 is 14.4 Å². The van der Waals surface area contributed by atoms with E-state index in [9.17, 15) is 9.90 Å². The summed E-state index contributed by atoms with van der Waals surface area (Å²) in [5, 5.41) is 12.0. The van der Waals surface area contributed by atoms with Crippen LogP contribution in [0.3, 0.4) is 0 Å². The van der Waals surface area contributed by atoms with Crippen LogP contribution in [0, 0.1) is 0 Å². The number of carbonyl (C=O) groups excluding carboxylic acids is 1. The average Bonchev–Trinajstić information content (AvgIpc) is 2.96. The number of ether oxygens (including phenoxy) is 2. The number of rotatable bonds is 5. The average molecular weight is 410 g/mol. The number of benzene rings is 3. The van der Waals surface area contributed by atoms with Gasteiger partial charge in [-0.3, -0.25) is 4.79 Å². The van der Waals surface area contributed by atoms with Gasteiger partial charge in [0, 0.05) is 10.6 Å². The zero-order valence-electron chi connectivity index (χ0n) is 16.1. The second-order valence-electron chi connectivity index (χ2n) is 6.84. The van der Waals surface area contributed by atoms with E-state index >= 15 is 0 Å². The molecule has 0 aliphatic carbocycles. The molecule has 3 aromatic rings. The summed E-state index contributed by atoms with van der Waals surface area (Å²) in [6, 6.07) is 19.4. The van der Waals surface area contributed by atoms with Crippen LogP contribution in [0.15, 0.2) is 66.7 Å². The van der Waals surface area contributed by atoms with Crippen molar-refractivity contribution in [3.63, 3.8) is 0 Å². The molecule has 3 aromatic carbocycles. The molecule has 4 rings (SSSR count). The van der Waals surface area contributed by atoms with Crippen molar-refractivity contribution in [2.24, 2.45) is 0 Å². The third-order valence-electron chi connectivity index (χ3n) is 5.20. The second kappa shape index (κ2) is 7.43. The van der Waals surface area contributed by atoms with Gasteiger partial charge in [-0.05, 0) is 53.6 Å². The molecule has 0 spiro atoms. The molecule has 1 amide bonds. The van der Waals surface area contributed by atoms with Gasteiger partial charge in [0.2, 0.25) is 0 Å². The molecule has 0 fully saturated rings. The summed E-state index contributed by atoms with van der Waals surface area (Å²) in [6.07, 6.45) is 0. The maximum Gasteiger partial charge on any atom is 0.268 e. The fraction of sp³-hybridized carbons (Fsp3) is 0.174. The Hall–Kier alpha value is -3.02. The summed E-state index contributed by atoms with van der Waals surface area (Å²) in [6.45, 7) is 0.315. The Bertz CT molecular complexity index is 1050. The van der Waals surface area contributed by atoms with Gasteiger partial charge in [-0.15, -0.1) is 0 Å². The van der Waals surface area contributed by atoms with Crippen molar-refractivity contribution in [2.75, 3.05) is 19.1 Å². The topological polar surface area (TPSA) is 59.0 Å². The predicted molar refractivity (Wildman–Crippen MR) is 112 cm³/mol. The normalized spacial score (nSPS) is 17.9. The van der Waals surface area contributed by atoms with Crippen molar-refractivity contribution in [1.29, 1.82) is 0 Å². The predicted octanol–water partition coefficient (Wildman–Crippen LogP) is 4.14. The third kappa shape index (κ3) is 3.22. The first-order valence-electron chi connectivity index (χ1n) is 9.09. The Morgan fingerprint density at radius 2 is 1.52 bits per heavy atom. The van der Waals surface area contributed by atoms with Crippen molar-refractivity contribution >= 4 is 23.2 Å². The van der Waals surface area contributed by atoms with Crippen LogP contribution >= 0.6 is 11.6 Å². The summed E-state index contributed by atoms with van der Waals surface area (Å²) in [5.41, 5.74) is 0.657. The molecule has 1 heterocycles. The lowest BCUT2D eigenvalue weighted by atomic mass is 9.87. The molecule has 0 saturated heterocycles. The lowest BCUT2D eigenvalue weighted by molar-refractivity contribution is -0.132. The molecular formula is C23H20ClNO4. The molecule has 0 radical (unpaired) electrons. The molecule has 29 heavy (non-hydrogen) atoms. The first kappa shape index (κ1) is 19.3. The van der Waals surface area contributed by atoms with E-state index in [0.29, 0.717) is 34.1 Å². The van der Waals surface area contributed by atoms with Crippen LogP contribution in [-0.2, 0) is 16.9 Å². The van der Waals surface area contributed by atoms with Gasteiger partial charge in [-0.2, -0.15) is 0 Å². The molecule has 0 bridgehead atoms. The van der Waals surface area contributed by atoms with E-state index in [0.717, 1.165) is 11.3 Å². The molecule has 6 heteroatoms. The quantitative estimate of drug-likeness (QED) is 0.688. The van der Waals surface area contributed by atoms with Crippen molar-refractivity contribution < 1.29 is 19.4 Å². The Morgan fingerprint density at radius 1 is 0.931 bits per heavy atom. The lowest BCUT2D eigenvalue weighted by Gasteiger charge is -2.24. The number of methoxy groups -OCH3 is 2. The maximum atomic E-state index is 13.5. The summed E-state index contributed by atoms with van der Waals surface area (Å²) < 4.78 is 10.4. The molecule has 5 nitrogen and oxygen atoms in total. The van der Waals surface area contributed by atoms with E-state index in [1.807, 2.05) is 24.3 Å². The molecule has 0 saturated carbocycles. The van der Waals surface area contributed by atoms with Gasteiger partial charge in [0.15, 0.2) is 5.60 Å². The summed E-state index contributed by atoms with van der Waals surface area (Å²) >= 11 is 6.20. The largest absolute Gasteiger partial charge is 0.497 e. The maximum absolute atomic E-state index is 13.5. The highest BCUT2D eigenvalue weighted by Crippen LogP contribution is 2.46. The smallest absolute Gasteiger partial charge is 0.268 e. The van der Waals surface area contributed by atoms with Crippen LogP contribution in [0.1, 0.15) is 16.7 Å². The van der Waals surface area contributed by atoms with E-state index in [4.69, 9.17) is 21.1 Å². The molecule has 1 aliphatic heterocycles. The van der Waals surface area contributed by atoms with E-state index in [1.54, 1.807) is 61.6 Å². The van der Waals surface area contributed by atoms with Gasteiger partial charge in [0.05, 0.1) is 26.5 Å². The first-order chi connectivity index (χ1) is 14.0. The van der Waals surface area contributed by atoms with E-state index in [2.05, 4.69) is 0 Å². The molecule has 1 N–H and O–H groups in total. The minimum Gasteiger partial charge on any atom is -0.497 e. The number of nitrogens with zero attached hydrogens (tertiary/aromatic N) is 1. The highest BCUT2D eigenvalue weighted by molar-refractivity contribution is 6.31. The highest BCUT2D eigenvalue weighted by atomic mass is 35.5. The highest BCUT2D eigenvalue weighted by Gasteiger charge is 2.51. The zero-order chi connectivity index (χ0) is 20.6. The Balaban J connectivity index is 1.77. The van der Waals surface area contributed by atoms with Crippen molar-refractivity contribution in [3.05, 3.63) is 88.4 Å². The first-order valence-corrected chi connectivity index (χ1v) is 9.47. The van der Waals surface area contributed by atoms with Gasteiger partial charge < -0.3 is 19.5 Å². The van der Waals surface area contributed by atoms with Crippen LogP contribution in [0.5, 0.6) is 11.5 Å². The lowest BCUT2D eigenvalue weighted by Crippen LogP contribution is -2.40. The number of hydrogen-bond acceptors (Lipinski definition) is 4. The van der Waals surface area contributed by atoms with E-state index in [1.165, 1.54) is 0 Å². The molecule has 0 aromatic heterocycles. The molecule has 148 valence electrons. The minimum absolute atomic E-state index is 0.315. The van der Waals surface area contributed by atoms with Crippen LogP contribution in [0.25, 0.3) is 0 Å². The van der Waals surface area contributed by atoms with Gasteiger partial charge in [-0.25, -0.2) is 0 Å². The number of fused-ring (bicyclic) bond motifs is 1. The van der Waals surface area contributed by atoms with Crippen molar-refractivity contribution in [1.82, 2.24) is 0 Å². The minimum atomic E-state index is -1.82. The Morgan fingerprint density at radius 3 is 2.10 bits per heavy atom. The summed E-state index contributed by atoms with van der Waals surface area (Å²) in [7, 11) is 3.17. The molecule has 1 aliphatic rings. The van der Waals surface area contributed by atoms with Crippen LogP contribution in [0.4, 0.5) is 5.69 Å².